The number of alkyl halides is 3. The van der Waals surface area contributed by atoms with Crippen LogP contribution in [0.4, 0.5) is 19.1 Å². The van der Waals surface area contributed by atoms with E-state index in [1.54, 1.807) is 0 Å². The first-order chi connectivity index (χ1) is 12.7. The number of hydrogen-bond donors (Lipinski definition) is 1. The number of nitrogens with zero attached hydrogens (tertiary/aromatic N) is 4. The van der Waals surface area contributed by atoms with E-state index in [0.717, 1.165) is 36.9 Å². The first-order valence-electron chi connectivity index (χ1n) is 8.81. The minimum absolute atomic E-state index is 0.281. The summed E-state index contributed by atoms with van der Waals surface area (Å²) in [4.78, 5) is 34.4. The van der Waals surface area contributed by atoms with Gasteiger partial charge in [-0.05, 0) is 37.7 Å². The summed E-state index contributed by atoms with van der Waals surface area (Å²) >= 11 is 0. The molecular formula is C17H21F3N4O3. The summed E-state index contributed by atoms with van der Waals surface area (Å²) < 4.78 is 31.7. The van der Waals surface area contributed by atoms with Crippen molar-refractivity contribution in [2.45, 2.75) is 50.9 Å². The highest BCUT2D eigenvalue weighted by molar-refractivity contribution is 5.81. The molecule has 3 aliphatic rings. The molecule has 0 aromatic carbocycles. The molecule has 3 fully saturated rings. The molecule has 1 aliphatic carbocycles. The van der Waals surface area contributed by atoms with Gasteiger partial charge in [-0.25, -0.2) is 14.8 Å². The number of aliphatic carboxylic acids is 1. The molecule has 0 radical (unpaired) electrons. The first-order valence-corrected chi connectivity index (χ1v) is 8.81. The highest BCUT2D eigenvalue weighted by Gasteiger charge is 2.48. The molecule has 0 bridgehead atoms. The first kappa shape index (κ1) is 19.4. The van der Waals surface area contributed by atoms with Crippen molar-refractivity contribution >= 4 is 17.8 Å². The topological polar surface area (TPSA) is 86.6 Å². The van der Waals surface area contributed by atoms with Gasteiger partial charge in [0.25, 0.3) is 0 Å². The molecule has 1 amide bonds. The fourth-order valence-corrected chi connectivity index (χ4v) is 3.53. The van der Waals surface area contributed by atoms with Crippen molar-refractivity contribution in [3.8, 4) is 0 Å². The summed E-state index contributed by atoms with van der Waals surface area (Å²) in [6.45, 7) is 3.93. The highest BCUT2D eigenvalue weighted by atomic mass is 19.4. The summed E-state index contributed by atoms with van der Waals surface area (Å²) in [7, 11) is 0. The second-order valence-corrected chi connectivity index (χ2v) is 7.17. The number of carbonyl (C=O) groups excluding carboxylic acids is 1. The number of aryl methyl sites for hydroxylation is 1. The van der Waals surface area contributed by atoms with Crippen LogP contribution in [0.5, 0.6) is 0 Å². The van der Waals surface area contributed by atoms with Crippen molar-refractivity contribution in [3.63, 3.8) is 0 Å². The molecule has 3 heterocycles. The Morgan fingerprint density at radius 1 is 1.22 bits per heavy atom. The van der Waals surface area contributed by atoms with E-state index in [1.807, 2.05) is 19.3 Å². The van der Waals surface area contributed by atoms with E-state index in [-0.39, 0.29) is 6.04 Å². The normalized spacial score (nSPS) is 24.5. The van der Waals surface area contributed by atoms with Crippen molar-refractivity contribution in [3.05, 3.63) is 18.0 Å². The number of aromatic nitrogens is 2. The van der Waals surface area contributed by atoms with Gasteiger partial charge in [0.1, 0.15) is 0 Å². The number of fused-ring (bicyclic) bond motifs is 1. The largest absolute Gasteiger partial charge is 0.490 e. The minimum Gasteiger partial charge on any atom is -0.475 e. The van der Waals surface area contributed by atoms with Gasteiger partial charge in [0, 0.05) is 31.9 Å². The second kappa shape index (κ2) is 7.32. The van der Waals surface area contributed by atoms with Gasteiger partial charge in [0.05, 0.1) is 12.1 Å². The molecular weight excluding hydrogens is 365 g/mol. The zero-order valence-corrected chi connectivity index (χ0v) is 14.8. The molecule has 0 spiro atoms. The summed E-state index contributed by atoms with van der Waals surface area (Å²) in [6, 6.07) is 0.664. The minimum atomic E-state index is -5.08. The maximum atomic E-state index is 12.2. The van der Waals surface area contributed by atoms with Crippen LogP contribution in [-0.2, 0) is 9.59 Å². The Bertz CT molecular complexity index is 706. The van der Waals surface area contributed by atoms with Crippen LogP contribution >= 0.6 is 0 Å². The molecule has 2 aliphatic heterocycles. The quantitative estimate of drug-likeness (QED) is 0.855. The average Bonchev–Trinajstić information content (AvgIpc) is 3.25. The number of carboxylic acids is 1. The molecule has 27 heavy (non-hydrogen) atoms. The second-order valence-electron chi connectivity index (χ2n) is 7.17. The van der Waals surface area contributed by atoms with Gasteiger partial charge < -0.3 is 14.9 Å². The third-order valence-corrected chi connectivity index (χ3v) is 5.03. The predicted octanol–water partition coefficient (Wildman–Crippen LogP) is 2.01. The lowest BCUT2D eigenvalue weighted by molar-refractivity contribution is -0.192. The van der Waals surface area contributed by atoms with Gasteiger partial charge in [-0.1, -0.05) is 0 Å². The zero-order chi connectivity index (χ0) is 19.8. The lowest BCUT2D eigenvalue weighted by Crippen LogP contribution is -2.38. The monoisotopic (exact) mass is 386 g/mol. The van der Waals surface area contributed by atoms with E-state index in [0.29, 0.717) is 18.4 Å². The van der Waals surface area contributed by atoms with E-state index in [1.165, 1.54) is 12.8 Å². The van der Waals surface area contributed by atoms with Gasteiger partial charge in [0.2, 0.25) is 11.9 Å². The lowest BCUT2D eigenvalue weighted by Gasteiger charge is -2.25. The maximum Gasteiger partial charge on any atom is 0.490 e. The molecule has 4 rings (SSSR count). The summed E-state index contributed by atoms with van der Waals surface area (Å²) in [5.74, 6) is -0.886. The van der Waals surface area contributed by atoms with Gasteiger partial charge in [0.15, 0.2) is 0 Å². The van der Waals surface area contributed by atoms with Crippen LogP contribution in [0.3, 0.4) is 0 Å². The predicted molar refractivity (Wildman–Crippen MR) is 89.1 cm³/mol. The SMILES string of the molecule is Cc1cnc(N2CC[C@H]3[C@@H]2CC(=O)N3CC2CC2)nc1.O=C(O)C(F)(F)F. The fraction of sp³-hybridized carbons (Fsp3) is 0.647. The van der Waals surface area contributed by atoms with Crippen LogP contribution in [0.1, 0.15) is 31.2 Å². The van der Waals surface area contributed by atoms with Crippen LogP contribution in [0.25, 0.3) is 0 Å². The number of carboxylic acid groups (broad SMARTS) is 1. The molecule has 2 atom stereocenters. The van der Waals surface area contributed by atoms with Gasteiger partial charge >= 0.3 is 12.1 Å². The smallest absolute Gasteiger partial charge is 0.475 e. The number of anilines is 1. The Morgan fingerprint density at radius 2 is 1.81 bits per heavy atom. The van der Waals surface area contributed by atoms with Crippen molar-refractivity contribution in [1.29, 1.82) is 0 Å². The maximum absolute atomic E-state index is 12.2. The molecule has 0 unspecified atom stereocenters. The van der Waals surface area contributed by atoms with E-state index >= 15 is 0 Å². The number of halogens is 3. The zero-order valence-electron chi connectivity index (χ0n) is 14.8. The molecule has 10 heteroatoms. The van der Waals surface area contributed by atoms with Gasteiger partial charge in [-0.15, -0.1) is 0 Å². The molecule has 7 nitrogen and oxygen atoms in total. The third kappa shape index (κ3) is 4.48. The lowest BCUT2D eigenvalue weighted by atomic mass is 10.1. The Labute approximate surface area is 154 Å². The Balaban J connectivity index is 0.000000260. The summed E-state index contributed by atoms with van der Waals surface area (Å²) in [5, 5.41) is 7.12. The van der Waals surface area contributed by atoms with Gasteiger partial charge in [-0.3, -0.25) is 4.79 Å². The molecule has 1 saturated carbocycles. The summed E-state index contributed by atoms with van der Waals surface area (Å²) in [5.41, 5.74) is 1.07. The van der Waals surface area contributed by atoms with Crippen molar-refractivity contribution in [2.24, 2.45) is 5.92 Å². The van der Waals surface area contributed by atoms with Crippen LogP contribution in [0.2, 0.25) is 0 Å². The van der Waals surface area contributed by atoms with Crippen LogP contribution in [0.15, 0.2) is 12.4 Å². The van der Waals surface area contributed by atoms with Crippen LogP contribution in [0, 0.1) is 12.8 Å². The van der Waals surface area contributed by atoms with Crippen molar-refractivity contribution in [1.82, 2.24) is 14.9 Å². The molecule has 1 aromatic rings. The Morgan fingerprint density at radius 3 is 2.33 bits per heavy atom. The molecule has 2 saturated heterocycles. The van der Waals surface area contributed by atoms with Crippen molar-refractivity contribution in [2.75, 3.05) is 18.0 Å². The van der Waals surface area contributed by atoms with E-state index < -0.39 is 12.1 Å². The molecule has 1 aromatic heterocycles. The van der Waals surface area contributed by atoms with Crippen molar-refractivity contribution < 1.29 is 27.9 Å². The fourth-order valence-electron chi connectivity index (χ4n) is 3.53. The van der Waals surface area contributed by atoms with E-state index in [4.69, 9.17) is 9.90 Å². The van der Waals surface area contributed by atoms with Crippen LogP contribution < -0.4 is 4.90 Å². The highest BCUT2D eigenvalue weighted by Crippen LogP contribution is 2.38. The number of carbonyl (C=O) groups is 2. The van der Waals surface area contributed by atoms with E-state index in [2.05, 4.69) is 19.8 Å². The number of rotatable bonds is 3. The van der Waals surface area contributed by atoms with Gasteiger partial charge in [-0.2, -0.15) is 13.2 Å². The third-order valence-electron chi connectivity index (χ3n) is 5.03. The number of likely N-dealkylation sites (tertiary alicyclic amines) is 1. The Kier molecular flexibility index (Phi) is 5.25. The van der Waals surface area contributed by atoms with Crippen LogP contribution in [-0.4, -0.2) is 63.2 Å². The standard InChI is InChI=1S/C15H20N4O.C2HF3O2/c1-10-7-16-15(17-8-10)18-5-4-12-13(18)6-14(20)19(12)9-11-2-3-11;3-2(4,5)1(6)7/h7-8,11-13H,2-6,9H2,1H3;(H,6,7)/t12-,13-;/m0./s1. The average molecular weight is 386 g/mol. The Hall–Kier alpha value is -2.39. The van der Waals surface area contributed by atoms with E-state index in [9.17, 15) is 18.0 Å². The number of hydrogen-bond acceptors (Lipinski definition) is 5. The summed E-state index contributed by atoms with van der Waals surface area (Å²) in [6.07, 6.45) is 2.91. The molecule has 1 N–H and O–H groups in total. The number of amides is 1. The molecule has 148 valence electrons.